The topological polar surface area (TPSA) is 24.5 Å². The van der Waals surface area contributed by atoms with Crippen molar-refractivity contribution in [3.05, 3.63) is 35.4 Å². The average molecular weight is 274 g/mol. The first-order chi connectivity index (χ1) is 9.82. The molecule has 20 heavy (non-hydrogen) atoms. The van der Waals surface area contributed by atoms with Gasteiger partial charge in [0.1, 0.15) is 0 Å². The summed E-state index contributed by atoms with van der Waals surface area (Å²) in [7, 11) is 1.81. The fourth-order valence-electron chi connectivity index (χ4n) is 3.22. The monoisotopic (exact) mass is 274 g/mol. The van der Waals surface area contributed by atoms with Crippen LogP contribution in [0.1, 0.15) is 24.0 Å². The van der Waals surface area contributed by atoms with Gasteiger partial charge >= 0.3 is 0 Å². The van der Waals surface area contributed by atoms with Crippen molar-refractivity contribution in [2.45, 2.75) is 24.7 Å². The van der Waals surface area contributed by atoms with E-state index in [9.17, 15) is 0 Å². The lowest BCUT2D eigenvalue weighted by molar-refractivity contribution is 0.171. The number of rotatable bonds is 6. The second-order valence-electron chi connectivity index (χ2n) is 6.26. The maximum Gasteiger partial charge on any atom is 0.0559 e. The van der Waals surface area contributed by atoms with Crippen LogP contribution in [0.5, 0.6) is 0 Å². The molecule has 0 aromatic heterocycles. The van der Waals surface area contributed by atoms with Gasteiger partial charge in [0.05, 0.1) is 6.61 Å². The Labute approximate surface area is 122 Å². The summed E-state index contributed by atoms with van der Waals surface area (Å²) in [6, 6.07) is 9.18. The van der Waals surface area contributed by atoms with Gasteiger partial charge in [-0.2, -0.15) is 0 Å². The van der Waals surface area contributed by atoms with Gasteiger partial charge in [-0.25, -0.2) is 0 Å². The summed E-state index contributed by atoms with van der Waals surface area (Å²) in [5.74, 6) is 0. The highest BCUT2D eigenvalue weighted by Crippen LogP contribution is 2.48. The highest BCUT2D eigenvalue weighted by atomic mass is 16.5. The van der Waals surface area contributed by atoms with Crippen molar-refractivity contribution in [3.8, 4) is 0 Å². The molecule has 2 aliphatic rings. The van der Waals surface area contributed by atoms with Crippen molar-refractivity contribution in [1.82, 2.24) is 10.2 Å². The molecule has 1 N–H and O–H groups in total. The van der Waals surface area contributed by atoms with E-state index in [2.05, 4.69) is 34.5 Å². The smallest absolute Gasteiger partial charge is 0.0559 e. The number of nitrogens with zero attached hydrogens (tertiary/aromatic N) is 1. The third kappa shape index (κ3) is 3.22. The Morgan fingerprint density at radius 1 is 1.25 bits per heavy atom. The molecule has 1 aliphatic carbocycles. The minimum absolute atomic E-state index is 0.333. The second kappa shape index (κ2) is 6.25. The van der Waals surface area contributed by atoms with Gasteiger partial charge in [0, 0.05) is 45.2 Å². The van der Waals surface area contributed by atoms with Crippen LogP contribution in [0.3, 0.4) is 0 Å². The quantitative estimate of drug-likeness (QED) is 0.856. The fourth-order valence-corrected chi connectivity index (χ4v) is 3.22. The molecule has 0 atom stereocenters. The number of methoxy groups -OCH3 is 1. The van der Waals surface area contributed by atoms with E-state index in [1.165, 1.54) is 43.6 Å². The van der Waals surface area contributed by atoms with Crippen LogP contribution in [0, 0.1) is 0 Å². The Hall–Kier alpha value is -0.900. The second-order valence-corrected chi connectivity index (χ2v) is 6.26. The van der Waals surface area contributed by atoms with Crippen molar-refractivity contribution in [2.75, 3.05) is 46.4 Å². The normalized spacial score (nSPS) is 21.9. The Morgan fingerprint density at radius 3 is 2.75 bits per heavy atom. The lowest BCUT2D eigenvalue weighted by Crippen LogP contribution is -2.44. The number of piperazine rings is 1. The molecule has 1 saturated carbocycles. The Morgan fingerprint density at radius 2 is 2.05 bits per heavy atom. The lowest BCUT2D eigenvalue weighted by atomic mass is 9.94. The van der Waals surface area contributed by atoms with E-state index >= 15 is 0 Å². The summed E-state index contributed by atoms with van der Waals surface area (Å²) in [6.07, 6.45) is 3.72. The molecule has 0 amide bonds. The van der Waals surface area contributed by atoms with Gasteiger partial charge in [-0.15, -0.1) is 0 Å². The van der Waals surface area contributed by atoms with E-state index in [1.807, 2.05) is 7.11 Å². The van der Waals surface area contributed by atoms with Gasteiger partial charge in [-0.3, -0.25) is 0 Å². The maximum atomic E-state index is 5.40. The van der Waals surface area contributed by atoms with Crippen LogP contribution < -0.4 is 5.32 Å². The van der Waals surface area contributed by atoms with Crippen LogP contribution in [0.4, 0.5) is 0 Å². The Kier molecular flexibility index (Phi) is 4.39. The molecule has 3 nitrogen and oxygen atoms in total. The summed E-state index contributed by atoms with van der Waals surface area (Å²) >= 11 is 0. The zero-order valence-electron chi connectivity index (χ0n) is 12.5. The molecule has 1 aliphatic heterocycles. The number of nitrogens with one attached hydrogen (secondary N) is 1. The standard InChI is InChI=1S/C17H26N2O/c1-20-14-17(6-7-17)16-4-2-3-15(13-16)5-10-19-11-8-18-9-12-19/h2-4,13,18H,5-12,14H2,1H3. The van der Waals surface area contributed by atoms with E-state index in [0.29, 0.717) is 5.41 Å². The molecular weight excluding hydrogens is 248 g/mol. The molecule has 0 unspecified atom stereocenters. The maximum absolute atomic E-state index is 5.40. The minimum Gasteiger partial charge on any atom is -0.384 e. The van der Waals surface area contributed by atoms with Crippen LogP contribution in [0.2, 0.25) is 0 Å². The molecule has 2 fully saturated rings. The fraction of sp³-hybridized carbons (Fsp3) is 0.647. The predicted molar refractivity (Wildman–Crippen MR) is 82.2 cm³/mol. The van der Waals surface area contributed by atoms with Crippen molar-refractivity contribution >= 4 is 0 Å². The van der Waals surface area contributed by atoms with Crippen LogP contribution in [0.15, 0.2) is 24.3 Å². The number of hydrogen-bond donors (Lipinski definition) is 1. The van der Waals surface area contributed by atoms with Crippen molar-refractivity contribution < 1.29 is 4.74 Å². The van der Waals surface area contributed by atoms with Gasteiger partial charge in [0.25, 0.3) is 0 Å². The summed E-state index contributed by atoms with van der Waals surface area (Å²) in [4.78, 5) is 2.56. The predicted octanol–water partition coefficient (Wildman–Crippen LogP) is 1.81. The summed E-state index contributed by atoms with van der Waals surface area (Å²) in [5.41, 5.74) is 3.29. The highest BCUT2D eigenvalue weighted by molar-refractivity contribution is 5.35. The van der Waals surface area contributed by atoms with E-state index < -0.39 is 0 Å². The number of ether oxygens (including phenoxy) is 1. The van der Waals surface area contributed by atoms with Gasteiger partial charge < -0.3 is 15.0 Å². The van der Waals surface area contributed by atoms with Crippen molar-refractivity contribution in [1.29, 1.82) is 0 Å². The zero-order valence-corrected chi connectivity index (χ0v) is 12.5. The van der Waals surface area contributed by atoms with Crippen LogP contribution in [-0.4, -0.2) is 51.3 Å². The SMILES string of the molecule is COCC1(c2cccc(CCN3CCNCC3)c2)CC1. The van der Waals surface area contributed by atoms with E-state index in [1.54, 1.807) is 0 Å². The molecule has 1 saturated heterocycles. The largest absolute Gasteiger partial charge is 0.384 e. The molecule has 0 bridgehead atoms. The third-order valence-corrected chi connectivity index (χ3v) is 4.74. The summed E-state index contributed by atoms with van der Waals surface area (Å²) in [5, 5.41) is 3.41. The molecule has 1 heterocycles. The minimum atomic E-state index is 0.333. The molecule has 3 rings (SSSR count). The summed E-state index contributed by atoms with van der Waals surface area (Å²) < 4.78 is 5.40. The first-order valence-electron chi connectivity index (χ1n) is 7.84. The first kappa shape index (κ1) is 14.1. The molecule has 110 valence electrons. The van der Waals surface area contributed by atoms with Crippen molar-refractivity contribution in [3.63, 3.8) is 0 Å². The number of benzene rings is 1. The van der Waals surface area contributed by atoms with Gasteiger partial charge in [0.15, 0.2) is 0 Å². The Bertz CT molecular complexity index is 436. The average Bonchev–Trinajstić information content (AvgIpc) is 3.28. The molecule has 1 aromatic rings. The van der Waals surface area contributed by atoms with Crippen LogP contribution >= 0.6 is 0 Å². The first-order valence-corrected chi connectivity index (χ1v) is 7.84. The molecular formula is C17H26N2O. The molecule has 0 radical (unpaired) electrons. The van der Waals surface area contributed by atoms with Crippen LogP contribution in [0.25, 0.3) is 0 Å². The number of hydrogen-bond acceptors (Lipinski definition) is 3. The summed E-state index contributed by atoms with van der Waals surface area (Å²) in [6.45, 7) is 6.70. The van der Waals surface area contributed by atoms with E-state index in [-0.39, 0.29) is 0 Å². The molecule has 3 heteroatoms. The van der Waals surface area contributed by atoms with Gasteiger partial charge in [-0.05, 0) is 30.4 Å². The van der Waals surface area contributed by atoms with E-state index in [0.717, 1.165) is 26.1 Å². The van der Waals surface area contributed by atoms with E-state index in [4.69, 9.17) is 4.74 Å². The lowest BCUT2D eigenvalue weighted by Gasteiger charge is -2.27. The molecule has 1 aromatic carbocycles. The molecule has 0 spiro atoms. The zero-order chi connectivity index (χ0) is 13.8. The highest BCUT2D eigenvalue weighted by Gasteiger charge is 2.44. The van der Waals surface area contributed by atoms with Crippen molar-refractivity contribution in [2.24, 2.45) is 0 Å². The van der Waals surface area contributed by atoms with Gasteiger partial charge in [0.2, 0.25) is 0 Å². The van der Waals surface area contributed by atoms with Gasteiger partial charge in [-0.1, -0.05) is 24.3 Å². The third-order valence-electron chi connectivity index (χ3n) is 4.74. The van der Waals surface area contributed by atoms with Crippen LogP contribution in [-0.2, 0) is 16.6 Å². The Balaban J connectivity index is 1.59.